The average Bonchev–Trinajstić information content (AvgIpc) is 2.40. The largest absolute Gasteiger partial charge is 0.326 e. The van der Waals surface area contributed by atoms with Crippen molar-refractivity contribution in [2.75, 3.05) is 37.8 Å². The number of nitrogens with zero attached hydrogens (tertiary/aromatic N) is 1. The second-order valence-corrected chi connectivity index (χ2v) is 6.14. The molecule has 1 aromatic rings. The van der Waals surface area contributed by atoms with Gasteiger partial charge >= 0.3 is 0 Å². The highest BCUT2D eigenvalue weighted by Gasteiger charge is 2.16. The highest BCUT2D eigenvalue weighted by Crippen LogP contribution is 2.27. The molecule has 0 atom stereocenters. The molecule has 1 rings (SSSR count). The van der Waals surface area contributed by atoms with Crippen molar-refractivity contribution in [3.05, 3.63) is 24.3 Å². The summed E-state index contributed by atoms with van der Waals surface area (Å²) >= 11 is 1.82. The third kappa shape index (κ3) is 5.25. The van der Waals surface area contributed by atoms with Gasteiger partial charge in [-0.15, -0.1) is 11.8 Å². The van der Waals surface area contributed by atoms with Crippen LogP contribution in [-0.2, 0) is 4.79 Å². The molecule has 0 saturated heterocycles. The molecule has 0 saturated carbocycles. The standard InChI is InChI=1S/C15H24N2OS/c1-5-17(4,6-2)11-12-19-15-10-8-7-9-14(15)16-13(3)18/h7-10H,5-6,11-12H2,1-4H3/p+1. The first-order valence-corrected chi connectivity index (χ1v) is 7.82. The van der Waals surface area contributed by atoms with Crippen LogP contribution in [0.15, 0.2) is 29.2 Å². The van der Waals surface area contributed by atoms with Crippen molar-refractivity contribution < 1.29 is 9.28 Å². The van der Waals surface area contributed by atoms with Gasteiger partial charge in [0.25, 0.3) is 0 Å². The molecule has 0 bridgehead atoms. The van der Waals surface area contributed by atoms with Gasteiger partial charge in [0, 0.05) is 17.6 Å². The summed E-state index contributed by atoms with van der Waals surface area (Å²) in [5.41, 5.74) is 0.919. The van der Waals surface area contributed by atoms with Gasteiger partial charge in [-0.3, -0.25) is 4.79 Å². The quantitative estimate of drug-likeness (QED) is 0.614. The van der Waals surface area contributed by atoms with Gasteiger partial charge in [0.15, 0.2) is 0 Å². The van der Waals surface area contributed by atoms with Gasteiger partial charge in [0.1, 0.15) is 0 Å². The van der Waals surface area contributed by atoms with Crippen LogP contribution >= 0.6 is 11.8 Å². The number of rotatable bonds is 7. The van der Waals surface area contributed by atoms with Crippen molar-refractivity contribution in [3.63, 3.8) is 0 Å². The number of carbonyl (C=O) groups excluding carboxylic acids is 1. The van der Waals surface area contributed by atoms with Crippen LogP contribution in [0, 0.1) is 0 Å². The maximum Gasteiger partial charge on any atom is 0.221 e. The number of para-hydroxylation sites is 1. The minimum absolute atomic E-state index is 0.0178. The number of thioether (sulfide) groups is 1. The van der Waals surface area contributed by atoms with Gasteiger partial charge < -0.3 is 9.80 Å². The Morgan fingerprint density at radius 3 is 2.47 bits per heavy atom. The van der Waals surface area contributed by atoms with E-state index in [2.05, 4.69) is 32.3 Å². The first-order valence-electron chi connectivity index (χ1n) is 6.83. The zero-order valence-corrected chi connectivity index (χ0v) is 13.2. The number of benzene rings is 1. The number of amides is 1. The summed E-state index contributed by atoms with van der Waals surface area (Å²) in [5.74, 6) is 1.05. The minimum atomic E-state index is -0.0178. The van der Waals surface area contributed by atoms with Gasteiger partial charge in [-0.05, 0) is 26.0 Å². The third-order valence-corrected chi connectivity index (χ3v) is 4.67. The van der Waals surface area contributed by atoms with Gasteiger partial charge in [-0.1, -0.05) is 12.1 Å². The Balaban J connectivity index is 2.60. The highest BCUT2D eigenvalue weighted by molar-refractivity contribution is 7.99. The maximum atomic E-state index is 11.2. The molecule has 1 N–H and O–H groups in total. The van der Waals surface area contributed by atoms with E-state index in [1.54, 1.807) is 6.92 Å². The summed E-state index contributed by atoms with van der Waals surface area (Å²) in [7, 11) is 2.29. The Hall–Kier alpha value is -1.00. The van der Waals surface area contributed by atoms with Crippen LogP contribution in [0.25, 0.3) is 0 Å². The van der Waals surface area contributed by atoms with Crippen molar-refractivity contribution in [1.82, 2.24) is 0 Å². The molecule has 1 amide bonds. The van der Waals surface area contributed by atoms with Gasteiger partial charge in [-0.25, -0.2) is 0 Å². The van der Waals surface area contributed by atoms with Gasteiger partial charge in [0.05, 0.1) is 32.4 Å². The van der Waals surface area contributed by atoms with Crippen molar-refractivity contribution in [2.45, 2.75) is 25.7 Å². The molecule has 4 heteroatoms. The molecule has 1 aromatic carbocycles. The summed E-state index contributed by atoms with van der Waals surface area (Å²) in [5, 5.41) is 2.88. The maximum absolute atomic E-state index is 11.2. The van der Waals surface area contributed by atoms with Crippen LogP contribution in [0.2, 0.25) is 0 Å². The Labute approximate surface area is 121 Å². The lowest BCUT2D eigenvalue weighted by molar-refractivity contribution is -0.903. The molecule has 0 spiro atoms. The van der Waals surface area contributed by atoms with Crippen molar-refractivity contribution >= 4 is 23.4 Å². The topological polar surface area (TPSA) is 29.1 Å². The van der Waals surface area contributed by atoms with E-state index in [9.17, 15) is 4.79 Å². The van der Waals surface area contributed by atoms with Crippen LogP contribution in [0.4, 0.5) is 5.69 Å². The predicted octanol–water partition coefficient (Wildman–Crippen LogP) is 3.22. The molecule has 19 heavy (non-hydrogen) atoms. The lowest BCUT2D eigenvalue weighted by atomic mass is 10.3. The summed E-state index contributed by atoms with van der Waals surface area (Å²) in [6.07, 6.45) is 0. The van der Waals surface area contributed by atoms with Crippen molar-refractivity contribution in [3.8, 4) is 0 Å². The summed E-state index contributed by atoms with van der Waals surface area (Å²) in [4.78, 5) is 12.3. The molecular formula is C15H25N2OS+. The van der Waals surface area contributed by atoms with Crippen LogP contribution in [0.1, 0.15) is 20.8 Å². The van der Waals surface area contributed by atoms with Crippen LogP contribution in [-0.4, -0.2) is 42.8 Å². The number of hydrogen-bond acceptors (Lipinski definition) is 2. The Kier molecular flexibility index (Phi) is 6.38. The molecule has 0 unspecified atom stereocenters. The SMILES string of the molecule is CC[N+](C)(CC)CCSc1ccccc1NC(C)=O. The lowest BCUT2D eigenvalue weighted by Gasteiger charge is -2.32. The highest BCUT2D eigenvalue weighted by atomic mass is 32.2. The van der Waals surface area contributed by atoms with E-state index in [0.29, 0.717) is 0 Å². The first kappa shape index (κ1) is 16.1. The molecule has 106 valence electrons. The van der Waals surface area contributed by atoms with Crippen LogP contribution in [0.3, 0.4) is 0 Å². The Bertz CT molecular complexity index is 416. The van der Waals surface area contributed by atoms with E-state index in [0.717, 1.165) is 40.5 Å². The Morgan fingerprint density at radius 2 is 1.89 bits per heavy atom. The van der Waals surface area contributed by atoms with Crippen LogP contribution < -0.4 is 5.32 Å². The van der Waals surface area contributed by atoms with E-state index >= 15 is 0 Å². The molecule has 3 nitrogen and oxygen atoms in total. The number of anilines is 1. The molecule has 0 fully saturated rings. The summed E-state index contributed by atoms with van der Waals surface area (Å²) in [6.45, 7) is 9.48. The number of quaternary nitrogens is 1. The number of nitrogens with one attached hydrogen (secondary N) is 1. The van der Waals surface area contributed by atoms with Crippen molar-refractivity contribution in [2.24, 2.45) is 0 Å². The minimum Gasteiger partial charge on any atom is -0.326 e. The normalized spacial score (nSPS) is 11.4. The van der Waals surface area contributed by atoms with Gasteiger partial charge in [-0.2, -0.15) is 0 Å². The molecule has 0 aliphatic heterocycles. The molecule has 0 heterocycles. The van der Waals surface area contributed by atoms with E-state index in [1.807, 2.05) is 30.0 Å². The third-order valence-electron chi connectivity index (χ3n) is 3.61. The van der Waals surface area contributed by atoms with E-state index in [4.69, 9.17) is 0 Å². The summed E-state index contributed by atoms with van der Waals surface area (Å²) in [6, 6.07) is 7.99. The average molecular weight is 281 g/mol. The summed E-state index contributed by atoms with van der Waals surface area (Å²) < 4.78 is 1.09. The van der Waals surface area contributed by atoms with E-state index in [1.165, 1.54) is 0 Å². The fraction of sp³-hybridized carbons (Fsp3) is 0.533. The molecule has 0 radical (unpaired) electrons. The molecule has 0 aliphatic carbocycles. The lowest BCUT2D eigenvalue weighted by Crippen LogP contribution is -2.45. The second kappa shape index (κ2) is 7.56. The molecule has 0 aliphatic rings. The fourth-order valence-electron chi connectivity index (χ4n) is 1.80. The smallest absolute Gasteiger partial charge is 0.221 e. The van der Waals surface area contributed by atoms with Crippen molar-refractivity contribution in [1.29, 1.82) is 0 Å². The van der Waals surface area contributed by atoms with Gasteiger partial charge in [0.2, 0.25) is 5.91 Å². The number of hydrogen-bond donors (Lipinski definition) is 1. The fourth-order valence-corrected chi connectivity index (χ4v) is 3.00. The molecular weight excluding hydrogens is 256 g/mol. The second-order valence-electron chi connectivity index (χ2n) is 5.00. The van der Waals surface area contributed by atoms with Crippen LogP contribution in [0.5, 0.6) is 0 Å². The monoisotopic (exact) mass is 281 g/mol. The Morgan fingerprint density at radius 1 is 1.26 bits per heavy atom. The van der Waals surface area contributed by atoms with E-state index < -0.39 is 0 Å². The zero-order valence-electron chi connectivity index (χ0n) is 12.4. The van der Waals surface area contributed by atoms with E-state index in [-0.39, 0.29) is 5.91 Å². The number of carbonyl (C=O) groups is 1. The molecule has 0 aromatic heterocycles. The zero-order chi connectivity index (χ0) is 14.3. The predicted molar refractivity (Wildman–Crippen MR) is 83.6 cm³/mol. The first-order chi connectivity index (χ1) is 9.00.